The molecule has 2 saturated heterocycles. The average molecular weight is 194 g/mol. The molecule has 14 heavy (non-hydrogen) atoms. The van der Waals surface area contributed by atoms with Crippen molar-refractivity contribution >= 4 is 0 Å². The highest BCUT2D eigenvalue weighted by Gasteiger charge is 2.38. The third-order valence-electron chi connectivity index (χ3n) is 4.48. The average Bonchev–Trinajstić information content (AvgIpc) is 2.93. The zero-order valence-corrected chi connectivity index (χ0v) is 9.10. The lowest BCUT2D eigenvalue weighted by molar-refractivity contribution is 0.242. The summed E-state index contributed by atoms with van der Waals surface area (Å²) in [7, 11) is 0. The molecule has 0 aromatic carbocycles. The third-order valence-corrected chi connectivity index (χ3v) is 4.48. The summed E-state index contributed by atoms with van der Waals surface area (Å²) in [6.07, 6.45) is 8.76. The molecule has 1 unspecified atom stereocenters. The van der Waals surface area contributed by atoms with Gasteiger partial charge in [-0.1, -0.05) is 0 Å². The maximum absolute atomic E-state index is 3.55. The minimum atomic E-state index is 0.698. The molecule has 0 aromatic heterocycles. The second-order valence-corrected chi connectivity index (χ2v) is 5.55. The van der Waals surface area contributed by atoms with Crippen molar-refractivity contribution in [3.8, 4) is 0 Å². The van der Waals surface area contributed by atoms with Gasteiger partial charge in [-0.2, -0.15) is 0 Å². The van der Waals surface area contributed by atoms with Gasteiger partial charge in [0.15, 0.2) is 0 Å². The fraction of sp³-hybridized carbons (Fsp3) is 1.00. The third kappa shape index (κ3) is 1.70. The standard InChI is InChI=1S/C12H22N2/c1-4-12(5-7-13-10-12)6-9-14(8-1)11-2-3-11/h11,13H,1-10H2. The quantitative estimate of drug-likeness (QED) is 0.682. The Kier molecular flexibility index (Phi) is 2.29. The summed E-state index contributed by atoms with van der Waals surface area (Å²) in [5.41, 5.74) is 0.698. The maximum atomic E-state index is 3.55. The normalized spacial score (nSPS) is 40.3. The molecule has 1 saturated carbocycles. The van der Waals surface area contributed by atoms with Crippen molar-refractivity contribution in [2.24, 2.45) is 5.41 Å². The van der Waals surface area contributed by atoms with Crippen molar-refractivity contribution in [2.45, 2.75) is 44.6 Å². The fourth-order valence-corrected chi connectivity index (χ4v) is 3.30. The molecule has 2 aliphatic heterocycles. The van der Waals surface area contributed by atoms with Gasteiger partial charge in [0.1, 0.15) is 0 Å². The van der Waals surface area contributed by atoms with Gasteiger partial charge in [-0.25, -0.2) is 0 Å². The number of hydrogen-bond acceptors (Lipinski definition) is 2. The maximum Gasteiger partial charge on any atom is 0.00964 e. The van der Waals surface area contributed by atoms with Crippen LogP contribution in [0.3, 0.4) is 0 Å². The summed E-state index contributed by atoms with van der Waals surface area (Å²) in [6, 6.07) is 0.986. The van der Waals surface area contributed by atoms with E-state index in [1.165, 1.54) is 64.7 Å². The first-order valence-corrected chi connectivity index (χ1v) is 6.33. The Hall–Kier alpha value is -0.0800. The van der Waals surface area contributed by atoms with E-state index in [1.54, 1.807) is 0 Å². The van der Waals surface area contributed by atoms with E-state index in [0.717, 1.165) is 6.04 Å². The van der Waals surface area contributed by atoms with E-state index in [4.69, 9.17) is 0 Å². The first kappa shape index (κ1) is 9.17. The van der Waals surface area contributed by atoms with Gasteiger partial charge in [0.25, 0.3) is 0 Å². The van der Waals surface area contributed by atoms with E-state index in [0.29, 0.717) is 5.41 Å². The van der Waals surface area contributed by atoms with Gasteiger partial charge in [0.05, 0.1) is 0 Å². The highest BCUT2D eigenvalue weighted by molar-refractivity contribution is 4.93. The Labute approximate surface area is 87.0 Å². The van der Waals surface area contributed by atoms with Crippen molar-refractivity contribution in [3.05, 3.63) is 0 Å². The SMILES string of the molecule is C1CN(C2CC2)CCC2(C1)CCNC2. The molecule has 0 radical (unpaired) electrons. The van der Waals surface area contributed by atoms with Crippen LogP contribution < -0.4 is 5.32 Å². The van der Waals surface area contributed by atoms with Gasteiger partial charge in [-0.3, -0.25) is 0 Å². The summed E-state index contributed by atoms with van der Waals surface area (Å²) >= 11 is 0. The largest absolute Gasteiger partial charge is 0.316 e. The van der Waals surface area contributed by atoms with Crippen molar-refractivity contribution in [3.63, 3.8) is 0 Å². The van der Waals surface area contributed by atoms with Gasteiger partial charge in [0.2, 0.25) is 0 Å². The minimum absolute atomic E-state index is 0.698. The van der Waals surface area contributed by atoms with Crippen LogP contribution in [-0.2, 0) is 0 Å². The van der Waals surface area contributed by atoms with Crippen LogP contribution in [0.5, 0.6) is 0 Å². The molecule has 1 atom stereocenters. The Morgan fingerprint density at radius 2 is 2.00 bits per heavy atom. The molecule has 0 bridgehead atoms. The molecule has 0 aromatic rings. The molecular weight excluding hydrogens is 172 g/mol. The first-order valence-electron chi connectivity index (χ1n) is 6.33. The zero-order chi connectivity index (χ0) is 9.43. The number of nitrogens with one attached hydrogen (secondary N) is 1. The van der Waals surface area contributed by atoms with Crippen LogP contribution in [-0.4, -0.2) is 37.1 Å². The monoisotopic (exact) mass is 194 g/mol. The van der Waals surface area contributed by atoms with Crippen LogP contribution in [0.4, 0.5) is 0 Å². The van der Waals surface area contributed by atoms with Crippen LogP contribution >= 0.6 is 0 Å². The van der Waals surface area contributed by atoms with Crippen LogP contribution in [0.1, 0.15) is 38.5 Å². The number of nitrogens with zero attached hydrogens (tertiary/aromatic N) is 1. The molecule has 3 rings (SSSR count). The Morgan fingerprint density at radius 1 is 1.07 bits per heavy atom. The fourth-order valence-electron chi connectivity index (χ4n) is 3.30. The van der Waals surface area contributed by atoms with E-state index in [1.807, 2.05) is 0 Å². The topological polar surface area (TPSA) is 15.3 Å². The van der Waals surface area contributed by atoms with Gasteiger partial charge in [-0.05, 0) is 63.6 Å². The second kappa shape index (κ2) is 3.49. The summed E-state index contributed by atoms with van der Waals surface area (Å²) in [4.78, 5) is 2.76. The first-order chi connectivity index (χ1) is 6.88. The summed E-state index contributed by atoms with van der Waals surface area (Å²) in [5, 5.41) is 3.55. The van der Waals surface area contributed by atoms with Crippen molar-refractivity contribution < 1.29 is 0 Å². The smallest absolute Gasteiger partial charge is 0.00964 e. The Morgan fingerprint density at radius 3 is 2.71 bits per heavy atom. The second-order valence-electron chi connectivity index (χ2n) is 5.55. The van der Waals surface area contributed by atoms with Crippen molar-refractivity contribution in [1.29, 1.82) is 0 Å². The highest BCUT2D eigenvalue weighted by Crippen LogP contribution is 2.39. The van der Waals surface area contributed by atoms with Crippen LogP contribution in [0, 0.1) is 5.41 Å². The number of rotatable bonds is 1. The molecule has 2 heterocycles. The summed E-state index contributed by atoms with van der Waals surface area (Å²) < 4.78 is 0. The predicted octanol–water partition coefficient (Wildman–Crippen LogP) is 1.61. The molecular formula is C12H22N2. The molecule has 2 nitrogen and oxygen atoms in total. The lowest BCUT2D eigenvalue weighted by Crippen LogP contribution is -2.29. The van der Waals surface area contributed by atoms with Crippen molar-refractivity contribution in [1.82, 2.24) is 10.2 Å². The van der Waals surface area contributed by atoms with Crippen molar-refractivity contribution in [2.75, 3.05) is 26.2 Å². The predicted molar refractivity (Wildman–Crippen MR) is 58.4 cm³/mol. The minimum Gasteiger partial charge on any atom is -0.316 e. The van der Waals surface area contributed by atoms with Gasteiger partial charge < -0.3 is 10.2 Å². The Bertz CT molecular complexity index is 204. The number of hydrogen-bond donors (Lipinski definition) is 1. The van der Waals surface area contributed by atoms with Crippen LogP contribution in [0.25, 0.3) is 0 Å². The lowest BCUT2D eigenvalue weighted by atomic mass is 9.80. The molecule has 0 amide bonds. The molecule has 1 N–H and O–H groups in total. The molecule has 80 valence electrons. The number of likely N-dealkylation sites (tertiary alicyclic amines) is 1. The van der Waals surface area contributed by atoms with E-state index in [2.05, 4.69) is 10.2 Å². The van der Waals surface area contributed by atoms with E-state index >= 15 is 0 Å². The van der Waals surface area contributed by atoms with E-state index in [9.17, 15) is 0 Å². The highest BCUT2D eigenvalue weighted by atomic mass is 15.2. The lowest BCUT2D eigenvalue weighted by Gasteiger charge is -2.26. The molecule has 3 aliphatic rings. The zero-order valence-electron chi connectivity index (χ0n) is 9.10. The summed E-state index contributed by atoms with van der Waals surface area (Å²) in [6.45, 7) is 5.33. The van der Waals surface area contributed by atoms with Crippen LogP contribution in [0.15, 0.2) is 0 Å². The molecule has 1 aliphatic carbocycles. The summed E-state index contributed by atoms with van der Waals surface area (Å²) in [5.74, 6) is 0. The molecule has 1 spiro atoms. The van der Waals surface area contributed by atoms with Gasteiger partial charge in [0, 0.05) is 12.6 Å². The van der Waals surface area contributed by atoms with E-state index < -0.39 is 0 Å². The van der Waals surface area contributed by atoms with Gasteiger partial charge in [-0.15, -0.1) is 0 Å². The van der Waals surface area contributed by atoms with Gasteiger partial charge >= 0.3 is 0 Å². The Balaban J connectivity index is 1.62. The van der Waals surface area contributed by atoms with Crippen LogP contribution in [0.2, 0.25) is 0 Å². The molecule has 3 fully saturated rings. The van der Waals surface area contributed by atoms with E-state index in [-0.39, 0.29) is 0 Å². The molecule has 2 heteroatoms.